The van der Waals surface area contributed by atoms with E-state index < -0.39 is 0 Å². The molecule has 0 aromatic carbocycles. The summed E-state index contributed by atoms with van der Waals surface area (Å²) in [7, 11) is 3.79. The Bertz CT molecular complexity index is 136. The molecule has 13 heavy (non-hydrogen) atoms. The highest BCUT2D eigenvalue weighted by molar-refractivity contribution is 4.81. The van der Waals surface area contributed by atoms with E-state index in [0.717, 1.165) is 13.0 Å². The van der Waals surface area contributed by atoms with Crippen molar-refractivity contribution in [3.63, 3.8) is 0 Å². The van der Waals surface area contributed by atoms with Crippen molar-refractivity contribution in [1.29, 1.82) is 0 Å². The van der Waals surface area contributed by atoms with Gasteiger partial charge >= 0.3 is 0 Å². The van der Waals surface area contributed by atoms with Crippen LogP contribution >= 0.6 is 0 Å². The average Bonchev–Trinajstić information content (AvgIpc) is 2.04. The van der Waals surface area contributed by atoms with Crippen LogP contribution in [0.3, 0.4) is 0 Å². The zero-order chi connectivity index (χ0) is 10.5. The van der Waals surface area contributed by atoms with Crippen LogP contribution in [0.4, 0.5) is 0 Å². The number of ether oxygens (including phenoxy) is 1. The molecule has 2 unspecified atom stereocenters. The second-order valence-corrected chi connectivity index (χ2v) is 4.59. The molecule has 0 heterocycles. The van der Waals surface area contributed by atoms with Gasteiger partial charge in [0.1, 0.15) is 0 Å². The lowest BCUT2D eigenvalue weighted by Crippen LogP contribution is -2.37. The molecule has 2 heteroatoms. The zero-order valence-corrected chi connectivity index (χ0v) is 9.98. The molecule has 2 atom stereocenters. The molecule has 0 rings (SSSR count). The van der Waals surface area contributed by atoms with Gasteiger partial charge in [0.15, 0.2) is 0 Å². The van der Waals surface area contributed by atoms with Crippen LogP contribution in [0.15, 0.2) is 0 Å². The van der Waals surface area contributed by atoms with Crippen molar-refractivity contribution < 1.29 is 4.74 Å². The molecule has 0 saturated heterocycles. The van der Waals surface area contributed by atoms with Gasteiger partial charge in [-0.1, -0.05) is 20.8 Å². The van der Waals surface area contributed by atoms with E-state index in [0.29, 0.717) is 17.4 Å². The molecule has 0 aliphatic rings. The summed E-state index contributed by atoms with van der Waals surface area (Å²) in [6.07, 6.45) is 1.46. The molecule has 2 nitrogen and oxygen atoms in total. The molecule has 0 aliphatic carbocycles. The highest BCUT2D eigenvalue weighted by atomic mass is 16.5. The lowest BCUT2D eigenvalue weighted by atomic mass is 9.75. The van der Waals surface area contributed by atoms with E-state index in [9.17, 15) is 0 Å². The molecule has 0 saturated carbocycles. The molecule has 1 N–H and O–H groups in total. The van der Waals surface area contributed by atoms with Gasteiger partial charge in [0.25, 0.3) is 0 Å². The maximum absolute atomic E-state index is 5.31. The van der Waals surface area contributed by atoms with E-state index in [-0.39, 0.29) is 0 Å². The standard InChI is InChI=1S/C11H25NO/c1-9(2)11(4,8-12-5)7-10(3)13-6/h9-10,12H,7-8H2,1-6H3. The van der Waals surface area contributed by atoms with Crippen molar-refractivity contribution in [3.8, 4) is 0 Å². The van der Waals surface area contributed by atoms with E-state index in [1.165, 1.54) is 0 Å². The second kappa shape index (κ2) is 5.61. The fourth-order valence-electron chi connectivity index (χ4n) is 1.66. The zero-order valence-electron chi connectivity index (χ0n) is 9.98. The van der Waals surface area contributed by atoms with Crippen molar-refractivity contribution in [2.45, 2.75) is 40.2 Å². The smallest absolute Gasteiger partial charge is 0.0549 e. The van der Waals surface area contributed by atoms with Crippen molar-refractivity contribution in [2.24, 2.45) is 11.3 Å². The third-order valence-corrected chi connectivity index (χ3v) is 3.13. The van der Waals surface area contributed by atoms with Gasteiger partial charge in [0, 0.05) is 13.7 Å². The average molecular weight is 187 g/mol. The fourth-order valence-corrected chi connectivity index (χ4v) is 1.66. The Morgan fingerprint density at radius 2 is 1.85 bits per heavy atom. The first kappa shape index (κ1) is 12.9. The summed E-state index contributed by atoms with van der Waals surface area (Å²) in [5.74, 6) is 0.678. The topological polar surface area (TPSA) is 21.3 Å². The Hall–Kier alpha value is -0.0800. The first-order valence-electron chi connectivity index (χ1n) is 5.13. The van der Waals surface area contributed by atoms with Gasteiger partial charge in [-0.25, -0.2) is 0 Å². The minimum absolute atomic E-state index is 0.337. The summed E-state index contributed by atoms with van der Waals surface area (Å²) in [6, 6.07) is 0. The van der Waals surface area contributed by atoms with Gasteiger partial charge in [0.05, 0.1) is 6.10 Å². The SMILES string of the molecule is CNCC(C)(CC(C)OC)C(C)C. The summed E-state index contributed by atoms with van der Waals surface area (Å²) in [6.45, 7) is 10.1. The van der Waals surface area contributed by atoms with Crippen LogP contribution in [-0.4, -0.2) is 26.8 Å². The van der Waals surface area contributed by atoms with E-state index in [1.54, 1.807) is 7.11 Å². The highest BCUT2D eigenvalue weighted by Gasteiger charge is 2.29. The number of hydrogen-bond acceptors (Lipinski definition) is 2. The molecule has 0 spiro atoms. The summed E-state index contributed by atoms with van der Waals surface area (Å²) in [5.41, 5.74) is 0.337. The lowest BCUT2D eigenvalue weighted by Gasteiger charge is -2.35. The summed E-state index contributed by atoms with van der Waals surface area (Å²) in [4.78, 5) is 0. The van der Waals surface area contributed by atoms with Crippen molar-refractivity contribution in [1.82, 2.24) is 5.32 Å². The maximum atomic E-state index is 5.31. The molecule has 80 valence electrons. The van der Waals surface area contributed by atoms with Gasteiger partial charge in [-0.2, -0.15) is 0 Å². The van der Waals surface area contributed by atoms with E-state index in [1.807, 2.05) is 7.05 Å². The Morgan fingerprint density at radius 3 is 2.15 bits per heavy atom. The third kappa shape index (κ3) is 4.10. The van der Waals surface area contributed by atoms with Gasteiger partial charge in [-0.15, -0.1) is 0 Å². The first-order chi connectivity index (χ1) is 5.96. The molecule has 0 bridgehead atoms. The van der Waals surface area contributed by atoms with Crippen molar-refractivity contribution in [2.75, 3.05) is 20.7 Å². The normalized spacial score (nSPS) is 18.7. The Balaban J connectivity index is 4.23. The van der Waals surface area contributed by atoms with Crippen LogP contribution in [0.5, 0.6) is 0 Å². The van der Waals surface area contributed by atoms with E-state index in [2.05, 4.69) is 33.0 Å². The van der Waals surface area contributed by atoms with Crippen LogP contribution in [-0.2, 0) is 4.74 Å². The molecular weight excluding hydrogens is 162 g/mol. The largest absolute Gasteiger partial charge is 0.382 e. The third-order valence-electron chi connectivity index (χ3n) is 3.13. The minimum atomic E-state index is 0.337. The van der Waals surface area contributed by atoms with Crippen LogP contribution < -0.4 is 5.32 Å². The Kier molecular flexibility index (Phi) is 5.57. The minimum Gasteiger partial charge on any atom is -0.382 e. The predicted octanol–water partition coefficient (Wildman–Crippen LogP) is 2.29. The van der Waals surface area contributed by atoms with Crippen LogP contribution in [0.25, 0.3) is 0 Å². The highest BCUT2D eigenvalue weighted by Crippen LogP contribution is 2.32. The Labute approximate surface area is 83.1 Å². The molecular formula is C11H25NO. The summed E-state index contributed by atoms with van der Waals surface area (Å²) in [5, 5.41) is 3.26. The maximum Gasteiger partial charge on any atom is 0.0549 e. The number of nitrogens with one attached hydrogen (secondary N) is 1. The van der Waals surface area contributed by atoms with Gasteiger partial charge in [0.2, 0.25) is 0 Å². The van der Waals surface area contributed by atoms with Crippen molar-refractivity contribution >= 4 is 0 Å². The summed E-state index contributed by atoms with van der Waals surface area (Å²) >= 11 is 0. The molecule has 0 aromatic heterocycles. The monoisotopic (exact) mass is 187 g/mol. The first-order valence-corrected chi connectivity index (χ1v) is 5.13. The van der Waals surface area contributed by atoms with Gasteiger partial charge < -0.3 is 10.1 Å². The van der Waals surface area contributed by atoms with Crippen LogP contribution in [0.2, 0.25) is 0 Å². The van der Waals surface area contributed by atoms with E-state index in [4.69, 9.17) is 4.74 Å². The van der Waals surface area contributed by atoms with E-state index >= 15 is 0 Å². The molecule has 0 aliphatic heterocycles. The fraction of sp³-hybridized carbons (Fsp3) is 1.00. The predicted molar refractivity (Wildman–Crippen MR) is 58.0 cm³/mol. The molecule has 0 amide bonds. The quantitative estimate of drug-likeness (QED) is 0.689. The Morgan fingerprint density at radius 1 is 1.31 bits per heavy atom. The van der Waals surface area contributed by atoms with Crippen LogP contribution in [0.1, 0.15) is 34.1 Å². The summed E-state index contributed by atoms with van der Waals surface area (Å²) < 4.78 is 5.31. The van der Waals surface area contributed by atoms with Gasteiger partial charge in [-0.05, 0) is 31.7 Å². The molecule has 0 fully saturated rings. The van der Waals surface area contributed by atoms with Crippen LogP contribution in [0, 0.1) is 11.3 Å². The van der Waals surface area contributed by atoms with Crippen molar-refractivity contribution in [3.05, 3.63) is 0 Å². The number of hydrogen-bond donors (Lipinski definition) is 1. The number of methoxy groups -OCH3 is 1. The molecule has 0 aromatic rings. The van der Waals surface area contributed by atoms with Gasteiger partial charge in [-0.3, -0.25) is 0 Å². The number of rotatable bonds is 6. The molecule has 0 radical (unpaired) electrons. The second-order valence-electron chi connectivity index (χ2n) is 4.59. The lowest BCUT2D eigenvalue weighted by molar-refractivity contribution is 0.0513.